The van der Waals surface area contributed by atoms with Crippen molar-refractivity contribution in [3.8, 4) is 5.75 Å². The van der Waals surface area contributed by atoms with E-state index in [2.05, 4.69) is 40.2 Å². The zero-order chi connectivity index (χ0) is 23.8. The number of aromatic nitrogens is 1. The largest absolute Gasteiger partial charge is 0.488 e. The molecule has 0 aliphatic carbocycles. The lowest BCUT2D eigenvalue weighted by Crippen LogP contribution is -2.35. The van der Waals surface area contributed by atoms with Gasteiger partial charge in [0.1, 0.15) is 12.4 Å². The molecular weight excluding hydrogens is 422 g/mol. The molecule has 2 aromatic carbocycles. The van der Waals surface area contributed by atoms with Crippen molar-refractivity contribution in [3.05, 3.63) is 94.8 Å². The molecule has 1 saturated heterocycles. The normalized spacial score (nSPS) is 14.6. The Bertz CT molecular complexity index is 1050. The van der Waals surface area contributed by atoms with E-state index in [0.29, 0.717) is 6.61 Å². The zero-order valence-electron chi connectivity index (χ0n) is 20.4. The van der Waals surface area contributed by atoms with Crippen molar-refractivity contribution in [1.29, 1.82) is 0 Å². The van der Waals surface area contributed by atoms with Crippen LogP contribution in [-0.4, -0.2) is 53.4 Å². The highest BCUT2D eigenvalue weighted by molar-refractivity contribution is 5.95. The fourth-order valence-electron chi connectivity index (χ4n) is 4.67. The summed E-state index contributed by atoms with van der Waals surface area (Å²) >= 11 is 0. The monoisotopic (exact) mass is 457 g/mol. The molecule has 0 unspecified atom stereocenters. The molecule has 4 rings (SSSR count). The van der Waals surface area contributed by atoms with Gasteiger partial charge in [-0.05, 0) is 81.1 Å². The second-order valence-electron chi connectivity index (χ2n) is 9.17. The molecule has 2 heterocycles. The molecule has 0 N–H and O–H groups in total. The summed E-state index contributed by atoms with van der Waals surface area (Å²) in [6.07, 6.45) is 6.84. The first-order valence-electron chi connectivity index (χ1n) is 12.3. The molecular formula is C29H35N3O2. The predicted molar refractivity (Wildman–Crippen MR) is 136 cm³/mol. The van der Waals surface area contributed by atoms with Gasteiger partial charge in [-0.3, -0.25) is 9.78 Å². The van der Waals surface area contributed by atoms with Crippen LogP contribution in [0.2, 0.25) is 0 Å². The van der Waals surface area contributed by atoms with Crippen LogP contribution in [0.4, 0.5) is 0 Å². The van der Waals surface area contributed by atoms with E-state index in [1.165, 1.54) is 5.56 Å². The number of amides is 1. The summed E-state index contributed by atoms with van der Waals surface area (Å²) in [4.78, 5) is 22.0. The van der Waals surface area contributed by atoms with E-state index < -0.39 is 0 Å². The van der Waals surface area contributed by atoms with Gasteiger partial charge in [-0.2, -0.15) is 0 Å². The SMILES string of the molecule is Cc1cc(C(=O)N2CCCN(CCCc3ccccc3)CC2)cc(C)c1OCc1cccnc1. The Morgan fingerprint density at radius 2 is 1.71 bits per heavy atom. The molecule has 1 aliphatic heterocycles. The topological polar surface area (TPSA) is 45.7 Å². The molecule has 0 atom stereocenters. The smallest absolute Gasteiger partial charge is 0.253 e. The van der Waals surface area contributed by atoms with Gasteiger partial charge in [0.2, 0.25) is 0 Å². The van der Waals surface area contributed by atoms with Gasteiger partial charge >= 0.3 is 0 Å². The van der Waals surface area contributed by atoms with Crippen LogP contribution in [0.5, 0.6) is 5.75 Å². The van der Waals surface area contributed by atoms with Crippen molar-refractivity contribution in [2.45, 2.75) is 39.7 Å². The second kappa shape index (κ2) is 11.8. The van der Waals surface area contributed by atoms with Crippen LogP contribution in [0.3, 0.4) is 0 Å². The maximum atomic E-state index is 13.3. The minimum absolute atomic E-state index is 0.121. The Morgan fingerprint density at radius 3 is 2.44 bits per heavy atom. The molecule has 1 aliphatic rings. The fraction of sp³-hybridized carbons (Fsp3) is 0.379. The molecule has 1 fully saturated rings. The first-order valence-corrected chi connectivity index (χ1v) is 12.3. The van der Waals surface area contributed by atoms with Crippen LogP contribution in [0.15, 0.2) is 67.0 Å². The third-order valence-corrected chi connectivity index (χ3v) is 6.47. The van der Waals surface area contributed by atoms with Crippen molar-refractivity contribution in [2.24, 2.45) is 0 Å². The van der Waals surface area contributed by atoms with Crippen molar-refractivity contribution in [1.82, 2.24) is 14.8 Å². The first-order chi connectivity index (χ1) is 16.6. The summed E-state index contributed by atoms with van der Waals surface area (Å²) in [6.45, 7) is 9.15. The number of carbonyl (C=O) groups excluding carboxylic acids is 1. The van der Waals surface area contributed by atoms with Gasteiger partial charge in [-0.1, -0.05) is 36.4 Å². The molecule has 1 amide bonds. The molecule has 0 radical (unpaired) electrons. The maximum absolute atomic E-state index is 13.3. The van der Waals surface area contributed by atoms with E-state index in [9.17, 15) is 4.79 Å². The Kier molecular flexibility index (Phi) is 8.31. The summed E-state index contributed by atoms with van der Waals surface area (Å²) in [5.74, 6) is 0.969. The van der Waals surface area contributed by atoms with Crippen molar-refractivity contribution >= 4 is 5.91 Å². The van der Waals surface area contributed by atoms with Gasteiger partial charge in [0.25, 0.3) is 5.91 Å². The van der Waals surface area contributed by atoms with Crippen LogP contribution >= 0.6 is 0 Å². The van der Waals surface area contributed by atoms with Crippen molar-refractivity contribution < 1.29 is 9.53 Å². The third kappa shape index (κ3) is 6.45. The van der Waals surface area contributed by atoms with E-state index in [0.717, 1.165) is 80.0 Å². The quantitative estimate of drug-likeness (QED) is 0.474. The lowest BCUT2D eigenvalue weighted by Gasteiger charge is -2.23. The highest BCUT2D eigenvalue weighted by Gasteiger charge is 2.21. The number of benzene rings is 2. The molecule has 5 nitrogen and oxygen atoms in total. The average Bonchev–Trinajstić information content (AvgIpc) is 3.10. The Balaban J connectivity index is 1.31. The average molecular weight is 458 g/mol. The zero-order valence-corrected chi connectivity index (χ0v) is 20.4. The number of nitrogens with zero attached hydrogens (tertiary/aromatic N) is 3. The van der Waals surface area contributed by atoms with Gasteiger partial charge in [0.05, 0.1) is 0 Å². The Labute approximate surface area is 203 Å². The highest BCUT2D eigenvalue weighted by Crippen LogP contribution is 2.26. The Hall–Kier alpha value is -3.18. The van der Waals surface area contributed by atoms with E-state index in [4.69, 9.17) is 4.74 Å². The molecule has 1 aromatic heterocycles. The standard InChI is InChI=1S/C29H35N3O2/c1-23-19-27(20-24(2)28(23)34-22-26-11-6-13-30-21-26)29(33)32-16-8-15-31(17-18-32)14-7-12-25-9-4-3-5-10-25/h3-6,9-11,13,19-21H,7-8,12,14-18,22H2,1-2H3. The van der Waals surface area contributed by atoms with E-state index >= 15 is 0 Å². The number of pyridine rings is 1. The molecule has 0 saturated carbocycles. The molecule has 178 valence electrons. The van der Waals surface area contributed by atoms with Gasteiger partial charge in [0, 0.05) is 43.2 Å². The van der Waals surface area contributed by atoms with E-state index in [1.807, 2.05) is 49.2 Å². The maximum Gasteiger partial charge on any atom is 0.253 e. The number of hydrogen-bond acceptors (Lipinski definition) is 4. The van der Waals surface area contributed by atoms with Crippen LogP contribution < -0.4 is 4.74 Å². The highest BCUT2D eigenvalue weighted by atomic mass is 16.5. The summed E-state index contributed by atoms with van der Waals surface area (Å²) in [5.41, 5.74) is 5.16. The number of rotatable bonds is 8. The van der Waals surface area contributed by atoms with Crippen molar-refractivity contribution in [2.75, 3.05) is 32.7 Å². The minimum atomic E-state index is 0.121. The van der Waals surface area contributed by atoms with Gasteiger partial charge in [-0.25, -0.2) is 0 Å². The number of hydrogen-bond donors (Lipinski definition) is 0. The summed E-state index contributed by atoms with van der Waals surface area (Å²) in [6, 6.07) is 18.5. The lowest BCUT2D eigenvalue weighted by atomic mass is 10.0. The molecule has 0 bridgehead atoms. The second-order valence-corrected chi connectivity index (χ2v) is 9.17. The van der Waals surface area contributed by atoms with Crippen molar-refractivity contribution in [3.63, 3.8) is 0 Å². The summed E-state index contributed by atoms with van der Waals surface area (Å²) < 4.78 is 6.07. The van der Waals surface area contributed by atoms with E-state index in [1.54, 1.807) is 6.20 Å². The van der Waals surface area contributed by atoms with Gasteiger partial charge in [0.15, 0.2) is 0 Å². The molecule has 5 heteroatoms. The first kappa shape index (κ1) is 24.0. The van der Waals surface area contributed by atoms with E-state index in [-0.39, 0.29) is 5.91 Å². The van der Waals surface area contributed by atoms with Crippen LogP contribution in [0, 0.1) is 13.8 Å². The minimum Gasteiger partial charge on any atom is -0.488 e. The van der Waals surface area contributed by atoms with Crippen LogP contribution in [-0.2, 0) is 13.0 Å². The lowest BCUT2D eigenvalue weighted by molar-refractivity contribution is 0.0761. The molecule has 0 spiro atoms. The number of ether oxygens (including phenoxy) is 1. The van der Waals surface area contributed by atoms with Crippen LogP contribution in [0.25, 0.3) is 0 Å². The predicted octanol–water partition coefficient (Wildman–Crippen LogP) is 5.06. The summed E-state index contributed by atoms with van der Waals surface area (Å²) in [7, 11) is 0. The molecule has 3 aromatic rings. The van der Waals surface area contributed by atoms with Crippen LogP contribution in [0.1, 0.15) is 45.5 Å². The number of aryl methyl sites for hydroxylation is 3. The summed E-state index contributed by atoms with van der Waals surface area (Å²) in [5, 5.41) is 0. The van der Waals surface area contributed by atoms with Gasteiger partial charge in [-0.15, -0.1) is 0 Å². The fourth-order valence-corrected chi connectivity index (χ4v) is 4.67. The number of carbonyl (C=O) groups is 1. The van der Waals surface area contributed by atoms with Gasteiger partial charge < -0.3 is 14.5 Å². The molecule has 34 heavy (non-hydrogen) atoms. The third-order valence-electron chi connectivity index (χ3n) is 6.47. The Morgan fingerprint density at radius 1 is 0.941 bits per heavy atom.